The lowest BCUT2D eigenvalue weighted by atomic mass is 9.99. The third kappa shape index (κ3) is 23.8. The molecule has 1 heterocycles. The maximum absolute atomic E-state index is 14.4. The van der Waals surface area contributed by atoms with Gasteiger partial charge in [-0.2, -0.15) is 0 Å². The lowest BCUT2D eigenvalue weighted by molar-refractivity contribution is -0.136. The number of rotatable bonds is 31. The zero-order valence-corrected chi connectivity index (χ0v) is 56.4. The minimum Gasteiger partial charge on any atom is -0.445 e. The van der Waals surface area contributed by atoms with Crippen LogP contribution in [-0.2, 0) is 66.2 Å². The van der Waals surface area contributed by atoms with E-state index >= 15 is 0 Å². The predicted molar refractivity (Wildman–Crippen MR) is 333 cm³/mol. The third-order valence-electron chi connectivity index (χ3n) is 16.3. The summed E-state index contributed by atoms with van der Waals surface area (Å²) in [5.74, 6) is -4.43. The van der Waals surface area contributed by atoms with E-state index in [1.54, 1.807) is 56.4 Å². The Labute approximate surface area is 498 Å². The van der Waals surface area contributed by atoms with Crippen LogP contribution in [0.5, 0.6) is 0 Å². The average Bonchev–Trinajstić information content (AvgIpc) is 4.00. The van der Waals surface area contributed by atoms with Gasteiger partial charge in [0.25, 0.3) is 0 Å². The SMILES string of the molecule is CC(C)C[C@H](NC(=O)[C@H](Cc1c[nH]cn1)NC(=O)[C@H](Cc1ccccc1)NC(=O)OCc1ccccc1)C(=O)N[C@H](C(=O)NC(=O)CCCC(=O)NC(CO[Si](C)(C)C(C)(C)C)(CO[Si](C)(C)C(C)(C)C)CO[Si](C)(C)C(C)(C)C)C(C)C. The molecule has 3 rings (SSSR count). The number of imidazole rings is 1. The van der Waals surface area contributed by atoms with Crippen LogP contribution >= 0.6 is 0 Å². The summed E-state index contributed by atoms with van der Waals surface area (Å²) in [7, 11) is -7.03. The molecule has 0 aliphatic heterocycles. The van der Waals surface area contributed by atoms with Crippen LogP contribution in [0.3, 0.4) is 0 Å². The van der Waals surface area contributed by atoms with Gasteiger partial charge in [-0.25, -0.2) is 9.78 Å². The second-order valence-corrected chi connectivity index (χ2v) is 41.9. The average molecular weight is 1210 g/mol. The van der Waals surface area contributed by atoms with Crippen molar-refractivity contribution < 1.29 is 51.6 Å². The number of H-pyrrole nitrogens is 1. The summed E-state index contributed by atoms with van der Waals surface area (Å²) >= 11 is 0. The Morgan fingerprint density at radius 1 is 0.554 bits per heavy atom. The molecule has 1 aromatic heterocycles. The standard InChI is InChI=1S/C61H102N8O11Si3/c1-42(2)33-47(64-54(73)49(35-46-36-62-41-63-46)65-53(72)48(34-44-27-22-20-23-28-44)66-57(76)77-37-45-29-24-21-25-30-45)55(74)68-52(43(3)4)56(75)67-50(70)31-26-32-51(71)69-61(38-78-81(14,15)58(5,6)7,39-79-82(16,17)59(8,9)10)40-80-83(18,19)60(11,12)13/h20-25,27-30,36,41-43,47-49,52H,26,31-35,37-40H2,1-19H3,(H,62,63)(H,64,73)(H,65,72)(H,66,76)(H,68,74)(H,69,71)(H,67,70,75)/t47-,48-,49-,52-/m0/s1. The number of ether oxygens (including phenoxy) is 1. The number of carbonyl (C=O) groups is 7. The van der Waals surface area contributed by atoms with Crippen molar-refractivity contribution in [1.29, 1.82) is 0 Å². The van der Waals surface area contributed by atoms with Crippen LogP contribution in [0.25, 0.3) is 0 Å². The molecule has 2 aromatic carbocycles. The fourth-order valence-corrected chi connectivity index (χ4v) is 10.9. The van der Waals surface area contributed by atoms with Crippen molar-refractivity contribution in [3.63, 3.8) is 0 Å². The van der Waals surface area contributed by atoms with E-state index in [1.165, 1.54) is 6.33 Å². The normalized spacial score (nSPS) is 14.2. The molecular formula is C61H102N8O11Si3. The first-order valence-corrected chi connectivity index (χ1v) is 38.0. The number of imide groups is 1. The second-order valence-electron chi connectivity index (χ2n) is 27.4. The van der Waals surface area contributed by atoms with Crippen LogP contribution in [0.1, 0.15) is 133 Å². The van der Waals surface area contributed by atoms with E-state index in [0.717, 1.165) is 11.1 Å². The third-order valence-corrected chi connectivity index (χ3v) is 29.7. The molecule has 7 N–H and O–H groups in total. The molecule has 0 unspecified atom stereocenters. The number of carbonyl (C=O) groups excluding carboxylic acids is 7. The highest BCUT2D eigenvalue weighted by Crippen LogP contribution is 2.41. The van der Waals surface area contributed by atoms with Crippen molar-refractivity contribution >= 4 is 66.5 Å². The van der Waals surface area contributed by atoms with Crippen molar-refractivity contribution in [3.8, 4) is 0 Å². The number of alkyl carbamates (subject to hydrolysis) is 1. The van der Waals surface area contributed by atoms with E-state index in [4.69, 9.17) is 18.0 Å². The van der Waals surface area contributed by atoms with Gasteiger partial charge in [-0.05, 0) is 90.2 Å². The van der Waals surface area contributed by atoms with Gasteiger partial charge in [-0.15, -0.1) is 0 Å². The summed E-state index contributed by atoms with van der Waals surface area (Å²) in [5.41, 5.74) is 0.866. The van der Waals surface area contributed by atoms with Gasteiger partial charge in [0.15, 0.2) is 25.0 Å². The Morgan fingerprint density at radius 2 is 1.00 bits per heavy atom. The van der Waals surface area contributed by atoms with E-state index < -0.39 is 96.2 Å². The lowest BCUT2D eigenvalue weighted by Crippen LogP contribution is -2.63. The quantitative estimate of drug-likeness (QED) is 0.0297. The smallest absolute Gasteiger partial charge is 0.408 e. The van der Waals surface area contributed by atoms with E-state index in [2.05, 4.69) is 143 Å². The number of nitrogens with zero attached hydrogens (tertiary/aromatic N) is 1. The number of hydrogen-bond acceptors (Lipinski definition) is 12. The first-order chi connectivity index (χ1) is 38.3. The van der Waals surface area contributed by atoms with Gasteiger partial charge in [0.1, 0.15) is 36.3 Å². The molecule has 22 heteroatoms. The first-order valence-electron chi connectivity index (χ1n) is 29.2. The minimum absolute atomic E-state index is 0.0366. The van der Waals surface area contributed by atoms with E-state index in [0.29, 0.717) is 5.69 Å². The van der Waals surface area contributed by atoms with Crippen molar-refractivity contribution in [2.24, 2.45) is 11.8 Å². The van der Waals surface area contributed by atoms with Crippen molar-refractivity contribution in [3.05, 3.63) is 90.0 Å². The van der Waals surface area contributed by atoms with Gasteiger partial charge in [0, 0.05) is 31.9 Å². The number of aromatic nitrogens is 2. The summed E-state index contributed by atoms with van der Waals surface area (Å²) in [4.78, 5) is 105. The Kier molecular flexibility index (Phi) is 26.8. The van der Waals surface area contributed by atoms with Crippen molar-refractivity contribution in [2.75, 3.05) is 19.8 Å². The van der Waals surface area contributed by atoms with Gasteiger partial charge < -0.3 is 49.6 Å². The summed E-state index contributed by atoms with van der Waals surface area (Å²) in [5, 5.41) is 16.4. The molecule has 464 valence electrons. The van der Waals surface area contributed by atoms with Crippen LogP contribution in [0, 0.1) is 11.8 Å². The molecule has 19 nitrogen and oxygen atoms in total. The molecule has 0 aliphatic rings. The number of benzene rings is 2. The van der Waals surface area contributed by atoms with Gasteiger partial charge >= 0.3 is 6.09 Å². The summed E-state index contributed by atoms with van der Waals surface area (Å²) in [6.45, 7) is 40.2. The van der Waals surface area contributed by atoms with E-state index in [9.17, 15) is 33.6 Å². The highest BCUT2D eigenvalue weighted by molar-refractivity contribution is 6.75. The summed E-state index contributed by atoms with van der Waals surface area (Å²) in [6, 6.07) is 13.3. The molecule has 0 spiro atoms. The van der Waals surface area contributed by atoms with Crippen LogP contribution < -0.4 is 31.9 Å². The molecule has 0 radical (unpaired) electrons. The molecule has 3 aromatic rings. The second kappa shape index (κ2) is 31.0. The largest absolute Gasteiger partial charge is 0.445 e. The molecule has 0 aliphatic carbocycles. The number of amides is 7. The zero-order valence-electron chi connectivity index (χ0n) is 53.4. The topological polar surface area (TPSA) is 257 Å². The molecule has 83 heavy (non-hydrogen) atoms. The fraction of sp³-hybridized carbons (Fsp3) is 0.639. The molecule has 0 saturated heterocycles. The molecular weight excluding hydrogens is 1100 g/mol. The Hall–Kier alpha value is -5.53. The zero-order chi connectivity index (χ0) is 62.8. The van der Waals surface area contributed by atoms with Gasteiger partial charge in [0.2, 0.25) is 35.4 Å². The Balaban J connectivity index is 1.79. The maximum Gasteiger partial charge on any atom is 0.408 e. The molecule has 0 saturated carbocycles. The first kappa shape index (κ1) is 71.7. The van der Waals surface area contributed by atoms with Crippen LogP contribution in [-0.4, -0.2) is 126 Å². The molecule has 0 bridgehead atoms. The molecule has 4 atom stereocenters. The van der Waals surface area contributed by atoms with Crippen LogP contribution in [0.4, 0.5) is 4.79 Å². The van der Waals surface area contributed by atoms with Crippen molar-refractivity contribution in [1.82, 2.24) is 41.9 Å². The Morgan fingerprint density at radius 3 is 1.45 bits per heavy atom. The summed E-state index contributed by atoms with van der Waals surface area (Å²) < 4.78 is 26.1. The number of aromatic amines is 1. The number of hydrogen-bond donors (Lipinski definition) is 7. The molecule has 0 fully saturated rings. The number of nitrogens with one attached hydrogen (secondary N) is 7. The monoisotopic (exact) mass is 1210 g/mol. The maximum atomic E-state index is 14.4. The van der Waals surface area contributed by atoms with E-state index in [1.807, 2.05) is 38.1 Å². The van der Waals surface area contributed by atoms with Gasteiger partial charge in [0.05, 0.1) is 31.8 Å². The fourth-order valence-electron chi connectivity index (χ4n) is 7.71. The van der Waals surface area contributed by atoms with Crippen LogP contribution in [0.2, 0.25) is 54.4 Å². The Bertz CT molecular complexity index is 2490. The minimum atomic E-state index is -2.34. The van der Waals surface area contributed by atoms with Gasteiger partial charge in [-0.3, -0.25) is 34.1 Å². The molecule has 7 amide bonds. The van der Waals surface area contributed by atoms with Crippen LogP contribution in [0.15, 0.2) is 73.2 Å². The predicted octanol–water partition coefficient (Wildman–Crippen LogP) is 9.38. The highest BCUT2D eigenvalue weighted by atomic mass is 28.4. The lowest BCUT2D eigenvalue weighted by Gasteiger charge is -2.46. The van der Waals surface area contributed by atoms with E-state index in [-0.39, 0.29) is 91.9 Å². The highest BCUT2D eigenvalue weighted by Gasteiger charge is 2.47. The van der Waals surface area contributed by atoms with Crippen molar-refractivity contribution in [2.45, 2.75) is 219 Å². The summed E-state index contributed by atoms with van der Waals surface area (Å²) in [6.07, 6.45) is 2.18. The van der Waals surface area contributed by atoms with Gasteiger partial charge in [-0.1, -0.05) is 151 Å².